The van der Waals surface area contributed by atoms with Crippen LogP contribution in [-0.2, 0) is 6.54 Å². The fourth-order valence-corrected chi connectivity index (χ4v) is 3.12. The molecule has 0 radical (unpaired) electrons. The van der Waals surface area contributed by atoms with E-state index >= 15 is 0 Å². The first-order valence-electron chi connectivity index (χ1n) is 8.35. The van der Waals surface area contributed by atoms with Crippen molar-refractivity contribution in [1.82, 2.24) is 10.2 Å². The van der Waals surface area contributed by atoms with E-state index in [-0.39, 0.29) is 0 Å². The van der Waals surface area contributed by atoms with Crippen molar-refractivity contribution in [2.24, 2.45) is 5.92 Å². The van der Waals surface area contributed by atoms with Gasteiger partial charge < -0.3 is 10.1 Å². The fraction of sp³-hybridized carbons (Fsp3) is 0.667. The predicted octanol–water partition coefficient (Wildman–Crippen LogP) is 3.60. The van der Waals surface area contributed by atoms with E-state index in [9.17, 15) is 0 Å². The summed E-state index contributed by atoms with van der Waals surface area (Å²) >= 11 is 0. The number of rotatable bonds is 7. The highest BCUT2D eigenvalue weighted by molar-refractivity contribution is 5.38. The minimum atomic E-state index is 0.391. The van der Waals surface area contributed by atoms with E-state index in [1.807, 2.05) is 0 Å². The zero-order valence-electron chi connectivity index (χ0n) is 14.0. The van der Waals surface area contributed by atoms with Crippen LogP contribution in [0.15, 0.2) is 18.2 Å². The average Bonchev–Trinajstić information content (AvgIpc) is 2.86. The summed E-state index contributed by atoms with van der Waals surface area (Å²) in [5.41, 5.74) is 2.68. The summed E-state index contributed by atoms with van der Waals surface area (Å²) in [7, 11) is 0. The Morgan fingerprint density at radius 2 is 2.19 bits per heavy atom. The van der Waals surface area contributed by atoms with Crippen LogP contribution >= 0.6 is 0 Å². The second-order valence-electron chi connectivity index (χ2n) is 6.21. The molecule has 1 aromatic carbocycles. The highest BCUT2D eigenvalue weighted by Gasteiger charge is 2.20. The molecule has 2 unspecified atom stereocenters. The quantitative estimate of drug-likeness (QED) is 0.830. The van der Waals surface area contributed by atoms with Crippen molar-refractivity contribution in [1.29, 1.82) is 0 Å². The topological polar surface area (TPSA) is 24.5 Å². The van der Waals surface area contributed by atoms with E-state index in [0.717, 1.165) is 31.4 Å². The summed E-state index contributed by atoms with van der Waals surface area (Å²) in [5.74, 6) is 1.87. The second kappa shape index (κ2) is 7.81. The number of nitrogens with one attached hydrogen (secondary N) is 1. The van der Waals surface area contributed by atoms with Gasteiger partial charge in [-0.3, -0.25) is 4.90 Å². The maximum Gasteiger partial charge on any atom is 0.123 e. The molecular weight excluding hydrogens is 260 g/mol. The van der Waals surface area contributed by atoms with Crippen molar-refractivity contribution >= 4 is 0 Å². The summed E-state index contributed by atoms with van der Waals surface area (Å²) in [6, 6.07) is 7.04. The van der Waals surface area contributed by atoms with Gasteiger partial charge in [-0.2, -0.15) is 0 Å². The van der Waals surface area contributed by atoms with E-state index in [2.05, 4.69) is 56.1 Å². The predicted molar refractivity (Wildman–Crippen MR) is 88.8 cm³/mol. The largest absolute Gasteiger partial charge is 0.494 e. The third-order valence-electron chi connectivity index (χ3n) is 4.30. The van der Waals surface area contributed by atoms with Crippen LogP contribution in [0.5, 0.6) is 5.75 Å². The Kier molecular flexibility index (Phi) is 6.07. The Bertz CT molecular complexity index is 447. The number of hydrogen-bond acceptors (Lipinski definition) is 3. The lowest BCUT2D eigenvalue weighted by Crippen LogP contribution is -2.21. The smallest absolute Gasteiger partial charge is 0.123 e. The van der Waals surface area contributed by atoms with Crippen molar-refractivity contribution in [3.8, 4) is 5.75 Å². The van der Waals surface area contributed by atoms with E-state index in [4.69, 9.17) is 4.74 Å². The highest BCUT2D eigenvalue weighted by Crippen LogP contribution is 2.27. The average molecular weight is 290 g/mol. The molecule has 1 aromatic rings. The molecule has 1 N–H and O–H groups in total. The van der Waals surface area contributed by atoms with Gasteiger partial charge in [0.05, 0.1) is 6.61 Å². The molecule has 1 saturated heterocycles. The Balaban J connectivity index is 2.15. The van der Waals surface area contributed by atoms with Crippen molar-refractivity contribution in [2.75, 3.05) is 26.2 Å². The van der Waals surface area contributed by atoms with Crippen molar-refractivity contribution in [2.45, 2.75) is 46.7 Å². The summed E-state index contributed by atoms with van der Waals surface area (Å²) < 4.78 is 5.82. The molecule has 21 heavy (non-hydrogen) atoms. The van der Waals surface area contributed by atoms with Crippen molar-refractivity contribution in [3.63, 3.8) is 0 Å². The first-order chi connectivity index (χ1) is 10.1. The summed E-state index contributed by atoms with van der Waals surface area (Å²) in [4.78, 5) is 2.55. The van der Waals surface area contributed by atoms with Gasteiger partial charge in [-0.15, -0.1) is 0 Å². The van der Waals surface area contributed by atoms with Crippen molar-refractivity contribution in [3.05, 3.63) is 29.3 Å². The lowest BCUT2D eigenvalue weighted by atomic mass is 10.0. The molecule has 3 nitrogen and oxygen atoms in total. The van der Waals surface area contributed by atoms with Crippen LogP contribution in [0.1, 0.15) is 51.3 Å². The summed E-state index contributed by atoms with van der Waals surface area (Å²) in [6.45, 7) is 13.9. The van der Waals surface area contributed by atoms with Gasteiger partial charge in [0.2, 0.25) is 0 Å². The van der Waals surface area contributed by atoms with Crippen molar-refractivity contribution < 1.29 is 4.74 Å². The number of hydrogen-bond donors (Lipinski definition) is 1. The third kappa shape index (κ3) is 4.45. The van der Waals surface area contributed by atoms with Crippen LogP contribution in [-0.4, -0.2) is 31.1 Å². The number of benzene rings is 1. The van der Waals surface area contributed by atoms with Crippen LogP contribution in [0.4, 0.5) is 0 Å². The molecule has 1 aliphatic rings. The zero-order valence-corrected chi connectivity index (χ0v) is 14.0. The highest BCUT2D eigenvalue weighted by atomic mass is 16.5. The molecule has 118 valence electrons. The number of likely N-dealkylation sites (tertiary alicyclic amines) is 1. The van der Waals surface area contributed by atoms with Gasteiger partial charge in [0.25, 0.3) is 0 Å². The zero-order chi connectivity index (χ0) is 15.2. The van der Waals surface area contributed by atoms with Crippen LogP contribution in [0.3, 0.4) is 0 Å². The van der Waals surface area contributed by atoms with Gasteiger partial charge in [0.1, 0.15) is 5.75 Å². The van der Waals surface area contributed by atoms with Gasteiger partial charge in [0, 0.05) is 24.7 Å². The van der Waals surface area contributed by atoms with Gasteiger partial charge in [-0.1, -0.05) is 19.9 Å². The first kappa shape index (κ1) is 16.3. The minimum absolute atomic E-state index is 0.391. The standard InChI is InChI=1S/C18H30N2O/c1-5-19-15(4)16-7-8-18(21-6-2)17(11-16)13-20-10-9-14(3)12-20/h7-8,11,14-15,19H,5-6,9-10,12-13H2,1-4H3. The third-order valence-corrected chi connectivity index (χ3v) is 4.30. The van der Waals surface area contributed by atoms with E-state index in [1.165, 1.54) is 30.6 Å². The summed E-state index contributed by atoms with van der Waals surface area (Å²) in [5, 5.41) is 3.49. The van der Waals surface area contributed by atoms with Gasteiger partial charge in [-0.25, -0.2) is 0 Å². The Morgan fingerprint density at radius 3 is 2.81 bits per heavy atom. The number of ether oxygens (including phenoxy) is 1. The molecule has 0 aromatic heterocycles. The van der Waals surface area contributed by atoms with E-state index in [1.54, 1.807) is 0 Å². The molecule has 0 amide bonds. The van der Waals surface area contributed by atoms with Crippen LogP contribution in [0.25, 0.3) is 0 Å². The van der Waals surface area contributed by atoms with Gasteiger partial charge >= 0.3 is 0 Å². The lowest BCUT2D eigenvalue weighted by molar-refractivity contribution is 0.298. The summed E-state index contributed by atoms with van der Waals surface area (Å²) in [6.07, 6.45) is 1.32. The Labute approximate surface area is 129 Å². The number of nitrogens with zero attached hydrogens (tertiary/aromatic N) is 1. The van der Waals surface area contributed by atoms with E-state index in [0.29, 0.717) is 6.04 Å². The van der Waals surface area contributed by atoms with Crippen LogP contribution in [0.2, 0.25) is 0 Å². The molecule has 2 atom stereocenters. The molecular formula is C18H30N2O. The Morgan fingerprint density at radius 1 is 1.38 bits per heavy atom. The van der Waals surface area contributed by atoms with Gasteiger partial charge in [0.15, 0.2) is 0 Å². The normalized spacial score (nSPS) is 20.7. The Hall–Kier alpha value is -1.06. The molecule has 2 rings (SSSR count). The van der Waals surface area contributed by atoms with Gasteiger partial charge in [-0.05, 0) is 57.0 Å². The van der Waals surface area contributed by atoms with E-state index < -0.39 is 0 Å². The molecule has 1 fully saturated rings. The molecule has 0 bridgehead atoms. The second-order valence-corrected chi connectivity index (χ2v) is 6.21. The monoisotopic (exact) mass is 290 g/mol. The first-order valence-corrected chi connectivity index (χ1v) is 8.35. The molecule has 0 aliphatic carbocycles. The SMILES string of the molecule is CCNC(C)c1ccc(OCC)c(CN2CCC(C)C2)c1. The fourth-order valence-electron chi connectivity index (χ4n) is 3.12. The maximum atomic E-state index is 5.82. The minimum Gasteiger partial charge on any atom is -0.494 e. The lowest BCUT2D eigenvalue weighted by Gasteiger charge is -2.20. The molecule has 0 spiro atoms. The van der Waals surface area contributed by atoms with Crippen LogP contribution in [0, 0.1) is 5.92 Å². The maximum absolute atomic E-state index is 5.82. The molecule has 3 heteroatoms. The molecule has 0 saturated carbocycles. The van der Waals surface area contributed by atoms with Crippen LogP contribution < -0.4 is 10.1 Å². The molecule has 1 heterocycles. The molecule has 1 aliphatic heterocycles.